The van der Waals surface area contributed by atoms with E-state index >= 15 is 0 Å². The van der Waals surface area contributed by atoms with Crippen LogP contribution in [0.3, 0.4) is 0 Å². The highest BCUT2D eigenvalue weighted by atomic mass is 16.1. The van der Waals surface area contributed by atoms with E-state index in [1.165, 1.54) is 0 Å². The number of rotatable bonds is 4. The minimum Gasteiger partial charge on any atom is -0.337 e. The number of hydrogen-bond acceptors (Lipinski definition) is 3. The van der Waals surface area contributed by atoms with Gasteiger partial charge < -0.3 is 9.55 Å². The summed E-state index contributed by atoms with van der Waals surface area (Å²) in [6.45, 7) is 0. The number of H-pyrrole nitrogens is 1. The van der Waals surface area contributed by atoms with Gasteiger partial charge in [0.15, 0.2) is 0 Å². The number of aryl methyl sites for hydroxylation is 3. The van der Waals surface area contributed by atoms with Gasteiger partial charge in [0.1, 0.15) is 11.6 Å². The number of hydrogen-bond donors (Lipinski definition) is 1. The summed E-state index contributed by atoms with van der Waals surface area (Å²) in [5, 5.41) is 1.52. The Morgan fingerprint density at radius 2 is 1.88 bits per heavy atom. The molecule has 0 unspecified atom stereocenters. The lowest BCUT2D eigenvalue weighted by atomic mass is 10.1. The van der Waals surface area contributed by atoms with E-state index in [0.717, 1.165) is 47.5 Å². The predicted octanol–water partition coefficient (Wildman–Crippen LogP) is 1.31. The fourth-order valence-electron chi connectivity index (χ4n) is 3.18. The summed E-state index contributed by atoms with van der Waals surface area (Å²) in [6.07, 6.45) is 9.30. The molecule has 1 aliphatic carbocycles. The highest BCUT2D eigenvalue weighted by Gasteiger charge is 2.09. The molecule has 1 aromatic carbocycles. The molecule has 2 heterocycles. The Balaban J connectivity index is 1.58. The van der Waals surface area contributed by atoms with Crippen molar-refractivity contribution < 1.29 is 0 Å². The SMILES string of the molecule is Cn1cc(-c2ccccc2)nc1CCc1nc2c(c(=O)[nH]1)=CCCC=2. The van der Waals surface area contributed by atoms with Gasteiger partial charge in [-0.2, -0.15) is 0 Å². The Morgan fingerprint density at radius 3 is 2.72 bits per heavy atom. The lowest BCUT2D eigenvalue weighted by Gasteiger charge is -2.04. The van der Waals surface area contributed by atoms with Gasteiger partial charge in [-0.15, -0.1) is 0 Å². The second-order valence-electron chi connectivity index (χ2n) is 6.32. The fourth-order valence-corrected chi connectivity index (χ4v) is 3.18. The number of aromatic nitrogens is 4. The van der Waals surface area contributed by atoms with Gasteiger partial charge in [0.25, 0.3) is 5.56 Å². The van der Waals surface area contributed by atoms with Crippen LogP contribution in [0.4, 0.5) is 0 Å². The molecule has 0 saturated carbocycles. The zero-order valence-corrected chi connectivity index (χ0v) is 14.2. The van der Waals surface area contributed by atoms with Crippen molar-refractivity contribution in [2.75, 3.05) is 0 Å². The number of nitrogens with one attached hydrogen (secondary N) is 1. The minimum absolute atomic E-state index is 0.0410. The van der Waals surface area contributed by atoms with Crippen LogP contribution in [-0.4, -0.2) is 19.5 Å². The number of nitrogens with zero attached hydrogens (tertiary/aromatic N) is 3. The first kappa shape index (κ1) is 15.6. The quantitative estimate of drug-likeness (QED) is 0.783. The Kier molecular flexibility index (Phi) is 4.06. The van der Waals surface area contributed by atoms with Crippen LogP contribution >= 0.6 is 0 Å². The van der Waals surface area contributed by atoms with E-state index in [2.05, 4.69) is 22.1 Å². The molecular formula is C20H20N4O. The van der Waals surface area contributed by atoms with Gasteiger partial charge in [-0.3, -0.25) is 4.79 Å². The summed E-state index contributed by atoms with van der Waals surface area (Å²) < 4.78 is 2.04. The van der Waals surface area contributed by atoms with Crippen LogP contribution in [0.5, 0.6) is 0 Å². The zero-order chi connectivity index (χ0) is 17.2. The highest BCUT2D eigenvalue weighted by Crippen LogP contribution is 2.18. The van der Waals surface area contributed by atoms with Crippen LogP contribution in [-0.2, 0) is 19.9 Å². The molecule has 0 amide bonds. The second kappa shape index (κ2) is 6.51. The number of imidazole rings is 1. The van der Waals surface area contributed by atoms with Crippen LogP contribution in [0.25, 0.3) is 23.4 Å². The molecule has 4 rings (SSSR count). The fraction of sp³-hybridized carbons (Fsp3) is 0.250. The summed E-state index contributed by atoms with van der Waals surface area (Å²) in [7, 11) is 2.00. The summed E-state index contributed by atoms with van der Waals surface area (Å²) in [5.41, 5.74) is 2.03. The van der Waals surface area contributed by atoms with E-state index in [-0.39, 0.29) is 5.56 Å². The van der Waals surface area contributed by atoms with Gasteiger partial charge in [-0.1, -0.05) is 42.5 Å². The first-order chi connectivity index (χ1) is 12.2. The maximum absolute atomic E-state index is 12.2. The lowest BCUT2D eigenvalue weighted by Crippen LogP contribution is -2.45. The van der Waals surface area contributed by atoms with Crippen molar-refractivity contribution in [1.82, 2.24) is 19.5 Å². The van der Waals surface area contributed by atoms with Crippen LogP contribution in [0.2, 0.25) is 0 Å². The molecule has 0 fully saturated rings. The maximum atomic E-state index is 12.2. The Hall–Kier alpha value is -2.95. The van der Waals surface area contributed by atoms with Crippen molar-refractivity contribution in [2.45, 2.75) is 25.7 Å². The molecule has 126 valence electrons. The Bertz CT molecular complexity index is 1080. The molecule has 1 N–H and O–H groups in total. The zero-order valence-electron chi connectivity index (χ0n) is 14.2. The molecule has 0 spiro atoms. The molecule has 5 heteroatoms. The standard InChI is InChI=1S/C20H20N4O/c1-24-13-17(14-7-3-2-4-8-14)22-19(24)12-11-18-21-16-10-6-5-9-15(16)20(25)23-18/h2-4,7-10,13H,5-6,11-12H2,1H3,(H,21,23,25). The van der Waals surface area contributed by atoms with E-state index in [1.54, 1.807) is 0 Å². The highest BCUT2D eigenvalue weighted by molar-refractivity contribution is 5.58. The van der Waals surface area contributed by atoms with Crippen molar-refractivity contribution in [3.05, 3.63) is 69.1 Å². The third-order valence-corrected chi connectivity index (χ3v) is 4.51. The van der Waals surface area contributed by atoms with Crippen LogP contribution < -0.4 is 16.1 Å². The molecule has 0 saturated heterocycles. The summed E-state index contributed by atoms with van der Waals surface area (Å²) in [5.74, 6) is 1.70. The van der Waals surface area contributed by atoms with Gasteiger partial charge >= 0.3 is 0 Å². The van der Waals surface area contributed by atoms with E-state index < -0.39 is 0 Å². The monoisotopic (exact) mass is 332 g/mol. The minimum atomic E-state index is -0.0410. The molecule has 0 radical (unpaired) electrons. The molecular weight excluding hydrogens is 312 g/mol. The topological polar surface area (TPSA) is 63.6 Å². The molecule has 2 aromatic heterocycles. The largest absolute Gasteiger partial charge is 0.337 e. The average Bonchev–Trinajstić information content (AvgIpc) is 3.02. The van der Waals surface area contributed by atoms with E-state index in [0.29, 0.717) is 11.6 Å². The van der Waals surface area contributed by atoms with E-state index in [1.807, 2.05) is 48.2 Å². The van der Waals surface area contributed by atoms with Crippen molar-refractivity contribution in [1.29, 1.82) is 0 Å². The Morgan fingerprint density at radius 1 is 1.08 bits per heavy atom. The van der Waals surface area contributed by atoms with E-state index in [4.69, 9.17) is 4.98 Å². The first-order valence-electron chi connectivity index (χ1n) is 8.58. The van der Waals surface area contributed by atoms with Crippen LogP contribution in [0.15, 0.2) is 41.3 Å². The van der Waals surface area contributed by atoms with Gasteiger partial charge in [0.05, 0.1) is 16.3 Å². The third kappa shape index (κ3) is 3.18. The summed E-state index contributed by atoms with van der Waals surface area (Å²) >= 11 is 0. The van der Waals surface area contributed by atoms with Gasteiger partial charge in [-0.25, -0.2) is 9.97 Å². The second-order valence-corrected chi connectivity index (χ2v) is 6.32. The predicted molar refractivity (Wildman–Crippen MR) is 98.3 cm³/mol. The molecule has 0 aliphatic heterocycles. The molecule has 25 heavy (non-hydrogen) atoms. The van der Waals surface area contributed by atoms with Crippen molar-refractivity contribution >= 4 is 12.2 Å². The average molecular weight is 332 g/mol. The van der Waals surface area contributed by atoms with Crippen LogP contribution in [0.1, 0.15) is 24.5 Å². The first-order valence-corrected chi connectivity index (χ1v) is 8.58. The number of fused-ring (bicyclic) bond motifs is 1. The van der Waals surface area contributed by atoms with Crippen LogP contribution in [0, 0.1) is 0 Å². The molecule has 5 nitrogen and oxygen atoms in total. The van der Waals surface area contributed by atoms with Gasteiger partial charge in [0.2, 0.25) is 0 Å². The summed E-state index contributed by atoms with van der Waals surface area (Å²) in [4.78, 5) is 24.4. The molecule has 1 aliphatic rings. The number of benzene rings is 1. The molecule has 0 atom stereocenters. The normalized spacial score (nSPS) is 13.0. The molecule has 0 bridgehead atoms. The van der Waals surface area contributed by atoms with E-state index in [9.17, 15) is 4.79 Å². The lowest BCUT2D eigenvalue weighted by molar-refractivity contribution is 0.739. The number of aromatic amines is 1. The van der Waals surface area contributed by atoms with Crippen molar-refractivity contribution in [3.63, 3.8) is 0 Å². The van der Waals surface area contributed by atoms with Crippen molar-refractivity contribution in [2.24, 2.45) is 7.05 Å². The smallest absolute Gasteiger partial charge is 0.258 e. The third-order valence-electron chi connectivity index (χ3n) is 4.51. The van der Waals surface area contributed by atoms with Gasteiger partial charge in [-0.05, 0) is 12.8 Å². The summed E-state index contributed by atoms with van der Waals surface area (Å²) in [6, 6.07) is 10.1. The van der Waals surface area contributed by atoms with Crippen molar-refractivity contribution in [3.8, 4) is 11.3 Å². The van der Waals surface area contributed by atoms with Gasteiger partial charge in [0, 0.05) is 31.6 Å². The Labute approximate surface area is 145 Å². The molecule has 3 aromatic rings. The maximum Gasteiger partial charge on any atom is 0.258 e.